The number of ether oxygens (including phenoxy) is 1. The van der Waals surface area contributed by atoms with Crippen LogP contribution in [0, 0.1) is 0 Å². The maximum Gasteiger partial charge on any atom is 0.417 e. The number of anilines is 2. The predicted molar refractivity (Wildman–Crippen MR) is 157 cm³/mol. The number of hydrogen-bond acceptors (Lipinski definition) is 6. The summed E-state index contributed by atoms with van der Waals surface area (Å²) >= 11 is 5.88. The molecular formula is C29H22ClF6N7O2. The lowest BCUT2D eigenvalue weighted by Crippen LogP contribution is -2.29. The number of pyridine rings is 1. The Labute approximate surface area is 256 Å². The lowest BCUT2D eigenvalue weighted by atomic mass is 10.0. The predicted octanol–water partition coefficient (Wildman–Crippen LogP) is 7.85. The Bertz CT molecular complexity index is 1780. The number of alkyl halides is 6. The maximum atomic E-state index is 13.3. The first-order chi connectivity index (χ1) is 21.1. The number of allylic oxidation sites excluding steroid dienone is 2. The van der Waals surface area contributed by atoms with E-state index in [1.54, 1.807) is 6.92 Å². The Hall–Kier alpha value is -5.31. The molecule has 0 aliphatic heterocycles. The number of urea groups is 1. The van der Waals surface area contributed by atoms with Crippen molar-refractivity contribution >= 4 is 35.4 Å². The van der Waals surface area contributed by atoms with Gasteiger partial charge in [0.25, 0.3) is 0 Å². The molecule has 2 aromatic carbocycles. The molecule has 9 nitrogen and oxygen atoms in total. The van der Waals surface area contributed by atoms with Crippen LogP contribution in [0.4, 0.5) is 42.6 Å². The summed E-state index contributed by atoms with van der Waals surface area (Å²) in [6, 6.07) is 8.60. The summed E-state index contributed by atoms with van der Waals surface area (Å²) in [6.07, 6.45) is -3.33. The van der Waals surface area contributed by atoms with E-state index < -0.39 is 29.5 Å². The molecule has 2 heterocycles. The molecule has 4 rings (SSSR count). The highest BCUT2D eigenvalue weighted by atomic mass is 35.5. The van der Waals surface area contributed by atoms with E-state index in [9.17, 15) is 31.1 Å². The van der Waals surface area contributed by atoms with Crippen molar-refractivity contribution in [2.45, 2.75) is 19.3 Å². The van der Waals surface area contributed by atoms with Crippen LogP contribution in [0.25, 0.3) is 16.8 Å². The minimum absolute atomic E-state index is 0.0842. The fraction of sp³-hybridized carbons (Fsp3) is 0.103. The quantitative estimate of drug-likeness (QED) is 0.102. The average molecular weight is 650 g/mol. The summed E-state index contributed by atoms with van der Waals surface area (Å²) in [7, 11) is 0. The number of benzene rings is 2. The molecule has 0 saturated carbocycles. The zero-order valence-corrected chi connectivity index (χ0v) is 23.8. The SMILES string of the molecule is C=C(/N=C\C(=C/C)NC(=O)Nc1cc(C(F)(F)F)ccc1-n1cc(Cl)cn1)Oc1ccc(-c2cc(C(F)(F)F)cnc2N)cc1. The molecule has 2 amide bonds. The van der Waals surface area contributed by atoms with Gasteiger partial charge in [0, 0.05) is 18.0 Å². The van der Waals surface area contributed by atoms with E-state index in [2.05, 4.69) is 32.3 Å². The van der Waals surface area contributed by atoms with Gasteiger partial charge >= 0.3 is 18.4 Å². The van der Waals surface area contributed by atoms with Gasteiger partial charge in [0.05, 0.1) is 45.6 Å². The normalized spacial score (nSPS) is 12.3. The minimum Gasteiger partial charge on any atom is -0.440 e. The second-order valence-corrected chi connectivity index (χ2v) is 9.53. The highest BCUT2D eigenvalue weighted by Gasteiger charge is 2.32. The van der Waals surface area contributed by atoms with Gasteiger partial charge in [-0.05, 0) is 55.5 Å². The number of carbonyl (C=O) groups is 1. The van der Waals surface area contributed by atoms with Crippen molar-refractivity contribution in [1.29, 1.82) is 0 Å². The topological polar surface area (TPSA) is 119 Å². The molecule has 234 valence electrons. The third-order valence-corrected chi connectivity index (χ3v) is 6.13. The van der Waals surface area contributed by atoms with Crippen molar-refractivity contribution < 1.29 is 35.9 Å². The third kappa shape index (κ3) is 8.41. The molecule has 0 fully saturated rings. The van der Waals surface area contributed by atoms with E-state index >= 15 is 0 Å². The van der Waals surface area contributed by atoms with Gasteiger partial charge in [-0.2, -0.15) is 31.4 Å². The Kier molecular flexibility index (Phi) is 9.51. The lowest BCUT2D eigenvalue weighted by Gasteiger charge is -2.15. The summed E-state index contributed by atoms with van der Waals surface area (Å²) in [5, 5.41) is 9.02. The number of halogens is 7. The second kappa shape index (κ2) is 13.1. The van der Waals surface area contributed by atoms with E-state index in [1.165, 1.54) is 53.6 Å². The standard InChI is InChI=1S/C29H22ClF6N7O2/c1-3-21(41-27(44)42-24-11-18(28(31,32)33)6-9-25(24)43-15-20(30)13-40-43)14-38-16(2)45-22-7-4-17(5-8-22)23-10-19(29(34,35)36)12-39-26(23)37/h3-15H,2H2,1H3,(H2,37,39)(H2,41,42,44)/b21-3+,38-14-. The van der Waals surface area contributed by atoms with Gasteiger partial charge in [-0.1, -0.05) is 29.8 Å². The van der Waals surface area contributed by atoms with Crippen molar-refractivity contribution in [3.05, 3.63) is 108 Å². The van der Waals surface area contributed by atoms with E-state index in [-0.39, 0.29) is 45.1 Å². The summed E-state index contributed by atoms with van der Waals surface area (Å²) < 4.78 is 86.0. The molecule has 45 heavy (non-hydrogen) atoms. The van der Waals surface area contributed by atoms with E-state index in [0.29, 0.717) is 11.8 Å². The smallest absolute Gasteiger partial charge is 0.417 e. The van der Waals surface area contributed by atoms with Gasteiger partial charge in [0.15, 0.2) is 0 Å². The van der Waals surface area contributed by atoms with Gasteiger partial charge in [-0.15, -0.1) is 0 Å². The first-order valence-corrected chi connectivity index (χ1v) is 13.0. The van der Waals surface area contributed by atoms with Crippen LogP contribution in [0.15, 0.2) is 96.3 Å². The molecule has 2 aromatic heterocycles. The number of nitrogens with two attached hydrogens (primary N) is 1. The summed E-state index contributed by atoms with van der Waals surface area (Å²) in [4.78, 5) is 20.4. The van der Waals surface area contributed by atoms with Crippen LogP contribution in [0.5, 0.6) is 5.75 Å². The van der Waals surface area contributed by atoms with Crippen LogP contribution < -0.4 is 21.1 Å². The summed E-state index contributed by atoms with van der Waals surface area (Å²) in [6.45, 7) is 5.23. The number of aliphatic imine (C=N–C) groups is 1. The van der Waals surface area contributed by atoms with Crippen LogP contribution >= 0.6 is 11.6 Å². The van der Waals surface area contributed by atoms with Crippen LogP contribution in [0.2, 0.25) is 5.02 Å². The molecule has 0 atom stereocenters. The molecule has 0 spiro atoms. The van der Waals surface area contributed by atoms with Gasteiger partial charge in [0.2, 0.25) is 5.88 Å². The number of aromatic nitrogens is 3. The van der Waals surface area contributed by atoms with Crippen molar-refractivity contribution in [1.82, 2.24) is 20.1 Å². The van der Waals surface area contributed by atoms with Crippen LogP contribution in [0.1, 0.15) is 18.1 Å². The Balaban J connectivity index is 1.41. The molecule has 0 bridgehead atoms. The number of nitrogens with zero attached hydrogens (tertiary/aromatic N) is 4. The first-order valence-electron chi connectivity index (χ1n) is 12.6. The van der Waals surface area contributed by atoms with E-state index in [1.807, 2.05) is 0 Å². The summed E-state index contributed by atoms with van der Waals surface area (Å²) in [5.41, 5.74) is 4.32. The van der Waals surface area contributed by atoms with Crippen LogP contribution in [-0.4, -0.2) is 27.0 Å². The number of amides is 2. The van der Waals surface area contributed by atoms with Crippen molar-refractivity contribution in [2.24, 2.45) is 4.99 Å². The number of nitrogen functional groups attached to an aromatic ring is 1. The monoisotopic (exact) mass is 649 g/mol. The molecule has 4 aromatic rings. The van der Waals surface area contributed by atoms with E-state index in [0.717, 1.165) is 24.3 Å². The largest absolute Gasteiger partial charge is 0.440 e. The van der Waals surface area contributed by atoms with Crippen molar-refractivity contribution in [3.63, 3.8) is 0 Å². The molecule has 0 radical (unpaired) electrons. The van der Waals surface area contributed by atoms with E-state index in [4.69, 9.17) is 22.1 Å². The molecular weight excluding hydrogens is 628 g/mol. The zero-order valence-electron chi connectivity index (χ0n) is 23.0. The van der Waals surface area contributed by atoms with Crippen molar-refractivity contribution in [3.8, 4) is 22.6 Å². The molecule has 0 aliphatic carbocycles. The number of nitrogens with one attached hydrogen (secondary N) is 2. The van der Waals surface area contributed by atoms with Gasteiger partial charge in [-0.25, -0.2) is 19.5 Å². The van der Waals surface area contributed by atoms with Gasteiger partial charge < -0.3 is 21.1 Å². The molecule has 0 unspecified atom stereocenters. The lowest BCUT2D eigenvalue weighted by molar-refractivity contribution is -0.138. The fourth-order valence-corrected chi connectivity index (χ4v) is 3.91. The number of rotatable bonds is 8. The number of hydrogen-bond donors (Lipinski definition) is 3. The van der Waals surface area contributed by atoms with Crippen molar-refractivity contribution in [2.75, 3.05) is 11.1 Å². The molecule has 16 heteroatoms. The third-order valence-electron chi connectivity index (χ3n) is 5.93. The fourth-order valence-electron chi connectivity index (χ4n) is 3.78. The van der Waals surface area contributed by atoms with Crippen LogP contribution in [0.3, 0.4) is 0 Å². The van der Waals surface area contributed by atoms with Gasteiger partial charge in [-0.3, -0.25) is 0 Å². The minimum atomic E-state index is -4.67. The second-order valence-electron chi connectivity index (χ2n) is 9.09. The first kappa shape index (κ1) is 32.6. The molecule has 0 aliphatic rings. The maximum absolute atomic E-state index is 13.3. The number of carbonyl (C=O) groups excluding carboxylic acids is 1. The Morgan fingerprint density at radius 1 is 1.04 bits per heavy atom. The highest BCUT2D eigenvalue weighted by Crippen LogP contribution is 2.35. The van der Waals surface area contributed by atoms with Crippen LogP contribution in [-0.2, 0) is 12.4 Å². The Morgan fingerprint density at radius 3 is 2.33 bits per heavy atom. The zero-order chi connectivity index (χ0) is 32.9. The molecule has 0 saturated heterocycles. The summed E-state index contributed by atoms with van der Waals surface area (Å²) in [5.74, 6) is 0.0272. The average Bonchev–Trinajstić information content (AvgIpc) is 3.40. The molecule has 4 N–H and O–H groups in total. The van der Waals surface area contributed by atoms with Gasteiger partial charge in [0.1, 0.15) is 11.6 Å². The highest BCUT2D eigenvalue weighted by molar-refractivity contribution is 6.30. The Morgan fingerprint density at radius 2 is 1.73 bits per heavy atom.